The predicted molar refractivity (Wildman–Crippen MR) is 47.7 cm³/mol. The number of rotatable bonds is 3. The average molecular weight is 168 g/mol. The lowest BCUT2D eigenvalue weighted by molar-refractivity contribution is 0.00669. The van der Waals surface area contributed by atoms with Crippen LogP contribution in [0.4, 0.5) is 0 Å². The molecule has 0 aromatic carbocycles. The van der Waals surface area contributed by atoms with Crippen molar-refractivity contribution in [2.75, 3.05) is 13.1 Å². The van der Waals surface area contributed by atoms with Crippen LogP contribution in [0.25, 0.3) is 0 Å². The second-order valence-corrected chi connectivity index (χ2v) is 3.78. The van der Waals surface area contributed by atoms with Crippen molar-refractivity contribution in [3.05, 3.63) is 12.2 Å². The number of aliphatic hydroxyl groups is 1. The van der Waals surface area contributed by atoms with Gasteiger partial charge in [0.25, 0.3) is 0 Å². The molecule has 12 heavy (non-hydrogen) atoms. The molecule has 2 unspecified atom stereocenters. The van der Waals surface area contributed by atoms with Crippen molar-refractivity contribution in [1.29, 1.82) is 0 Å². The Hall–Kier alpha value is -0.380. The van der Waals surface area contributed by atoms with E-state index in [1.807, 2.05) is 12.2 Å². The summed E-state index contributed by atoms with van der Waals surface area (Å²) in [5.74, 6) is 0.419. The van der Waals surface area contributed by atoms with E-state index in [1.54, 1.807) is 0 Å². The van der Waals surface area contributed by atoms with Crippen molar-refractivity contribution >= 4 is 0 Å². The van der Waals surface area contributed by atoms with E-state index < -0.39 is 5.60 Å². The van der Waals surface area contributed by atoms with Gasteiger partial charge in [-0.1, -0.05) is 12.2 Å². The summed E-state index contributed by atoms with van der Waals surface area (Å²) in [5, 5.41) is 13.4. The third kappa shape index (κ3) is 1.18. The van der Waals surface area contributed by atoms with Crippen LogP contribution in [0.15, 0.2) is 12.2 Å². The van der Waals surface area contributed by atoms with Gasteiger partial charge in [0.2, 0.25) is 0 Å². The third-order valence-corrected chi connectivity index (χ3v) is 2.93. The highest BCUT2D eigenvalue weighted by molar-refractivity contribution is 5.15. The van der Waals surface area contributed by atoms with Crippen molar-refractivity contribution < 1.29 is 5.11 Å². The highest BCUT2D eigenvalue weighted by atomic mass is 16.3. The van der Waals surface area contributed by atoms with Gasteiger partial charge in [0.15, 0.2) is 0 Å². The van der Waals surface area contributed by atoms with Crippen molar-refractivity contribution in [1.82, 2.24) is 5.32 Å². The second kappa shape index (κ2) is 2.83. The zero-order valence-corrected chi connectivity index (χ0v) is 7.16. The van der Waals surface area contributed by atoms with E-state index in [9.17, 15) is 5.11 Å². The van der Waals surface area contributed by atoms with Crippen LogP contribution in [0.2, 0.25) is 0 Å². The summed E-state index contributed by atoms with van der Waals surface area (Å²) in [4.78, 5) is 0. The SMILES string of the molecule is NCC(O)(C1CC1)C1C=CCN1. The predicted octanol–water partition coefficient (Wildman–Crippen LogP) is -0.386. The number of nitrogens with two attached hydrogens (primary N) is 1. The summed E-state index contributed by atoms with van der Waals surface area (Å²) in [6.07, 6.45) is 6.33. The zero-order valence-electron chi connectivity index (χ0n) is 7.16. The standard InChI is InChI=1S/C9H16N2O/c10-6-9(12,7-3-4-7)8-2-1-5-11-8/h1-2,7-8,11-12H,3-6,10H2. The van der Waals surface area contributed by atoms with Crippen LogP contribution in [0, 0.1) is 5.92 Å². The molecule has 1 aliphatic heterocycles. The minimum atomic E-state index is -0.687. The smallest absolute Gasteiger partial charge is 0.0984 e. The van der Waals surface area contributed by atoms with Gasteiger partial charge >= 0.3 is 0 Å². The molecule has 3 nitrogen and oxygen atoms in total. The first-order valence-corrected chi connectivity index (χ1v) is 4.60. The lowest BCUT2D eigenvalue weighted by atomic mass is 9.89. The van der Waals surface area contributed by atoms with Crippen LogP contribution in [-0.2, 0) is 0 Å². The largest absolute Gasteiger partial charge is 0.386 e. The normalized spacial score (nSPS) is 33.7. The first-order valence-electron chi connectivity index (χ1n) is 4.60. The van der Waals surface area contributed by atoms with E-state index in [0.717, 1.165) is 19.4 Å². The van der Waals surface area contributed by atoms with E-state index in [1.165, 1.54) is 0 Å². The number of hydrogen-bond acceptors (Lipinski definition) is 3. The first kappa shape index (κ1) is 8.23. The quantitative estimate of drug-likeness (QED) is 0.503. The molecule has 0 saturated heterocycles. The maximum absolute atomic E-state index is 10.2. The molecule has 2 aliphatic rings. The van der Waals surface area contributed by atoms with Crippen LogP contribution < -0.4 is 11.1 Å². The van der Waals surface area contributed by atoms with Crippen LogP contribution >= 0.6 is 0 Å². The molecule has 68 valence electrons. The molecule has 1 fully saturated rings. The highest BCUT2D eigenvalue weighted by Gasteiger charge is 2.47. The van der Waals surface area contributed by atoms with Gasteiger partial charge in [-0.25, -0.2) is 0 Å². The van der Waals surface area contributed by atoms with Crippen molar-refractivity contribution in [3.8, 4) is 0 Å². The van der Waals surface area contributed by atoms with Gasteiger partial charge in [-0.2, -0.15) is 0 Å². The second-order valence-electron chi connectivity index (χ2n) is 3.78. The molecular weight excluding hydrogens is 152 g/mol. The molecule has 1 aliphatic carbocycles. The van der Waals surface area contributed by atoms with Crippen LogP contribution in [0.1, 0.15) is 12.8 Å². The molecule has 0 radical (unpaired) electrons. The van der Waals surface area contributed by atoms with E-state index in [4.69, 9.17) is 5.73 Å². The molecule has 3 heteroatoms. The van der Waals surface area contributed by atoms with Gasteiger partial charge in [0.1, 0.15) is 0 Å². The van der Waals surface area contributed by atoms with Crippen LogP contribution in [-0.4, -0.2) is 29.8 Å². The van der Waals surface area contributed by atoms with E-state index in [2.05, 4.69) is 5.32 Å². The summed E-state index contributed by atoms with van der Waals surface area (Å²) in [6.45, 7) is 1.22. The lowest BCUT2D eigenvalue weighted by Crippen LogP contribution is -2.54. The molecule has 2 rings (SSSR count). The number of nitrogens with one attached hydrogen (secondary N) is 1. The van der Waals surface area contributed by atoms with Crippen molar-refractivity contribution in [2.24, 2.45) is 11.7 Å². The Kier molecular flexibility index (Phi) is 1.94. The van der Waals surface area contributed by atoms with Gasteiger partial charge in [0.05, 0.1) is 11.6 Å². The average Bonchev–Trinajstić information content (AvgIpc) is 2.80. The zero-order chi connectivity index (χ0) is 8.60. The van der Waals surface area contributed by atoms with Crippen LogP contribution in [0.3, 0.4) is 0 Å². The highest BCUT2D eigenvalue weighted by Crippen LogP contribution is 2.41. The molecule has 4 N–H and O–H groups in total. The van der Waals surface area contributed by atoms with Gasteiger partial charge < -0.3 is 16.2 Å². The topological polar surface area (TPSA) is 58.3 Å². The summed E-state index contributed by atoms with van der Waals surface area (Å²) in [7, 11) is 0. The molecule has 0 spiro atoms. The third-order valence-electron chi connectivity index (χ3n) is 2.93. The molecule has 0 amide bonds. The van der Waals surface area contributed by atoms with E-state index in [-0.39, 0.29) is 6.04 Å². The fourth-order valence-electron chi connectivity index (χ4n) is 1.94. The number of hydrogen-bond donors (Lipinski definition) is 3. The molecule has 0 aromatic rings. The van der Waals surface area contributed by atoms with E-state index >= 15 is 0 Å². The minimum Gasteiger partial charge on any atom is -0.386 e. The Morgan fingerprint density at radius 2 is 2.33 bits per heavy atom. The maximum atomic E-state index is 10.2. The fourth-order valence-corrected chi connectivity index (χ4v) is 1.94. The summed E-state index contributed by atoms with van der Waals surface area (Å²) >= 11 is 0. The van der Waals surface area contributed by atoms with Gasteiger partial charge in [0, 0.05) is 13.1 Å². The molecule has 0 aromatic heterocycles. The van der Waals surface area contributed by atoms with Gasteiger partial charge in [-0.15, -0.1) is 0 Å². The molecular formula is C9H16N2O. The Labute approximate surface area is 72.6 Å². The van der Waals surface area contributed by atoms with Gasteiger partial charge in [-0.3, -0.25) is 0 Å². The molecule has 1 heterocycles. The molecule has 2 atom stereocenters. The lowest BCUT2D eigenvalue weighted by Gasteiger charge is -2.32. The van der Waals surface area contributed by atoms with Gasteiger partial charge in [-0.05, 0) is 18.8 Å². The summed E-state index contributed by atoms with van der Waals surface area (Å²) in [6, 6.07) is 0.0787. The Bertz CT molecular complexity index is 201. The van der Waals surface area contributed by atoms with Crippen LogP contribution in [0.5, 0.6) is 0 Å². The minimum absolute atomic E-state index is 0.0787. The monoisotopic (exact) mass is 168 g/mol. The van der Waals surface area contributed by atoms with Crippen molar-refractivity contribution in [2.45, 2.75) is 24.5 Å². The fraction of sp³-hybridized carbons (Fsp3) is 0.778. The van der Waals surface area contributed by atoms with Crippen molar-refractivity contribution in [3.63, 3.8) is 0 Å². The summed E-state index contributed by atoms with van der Waals surface area (Å²) in [5.41, 5.74) is 4.92. The maximum Gasteiger partial charge on any atom is 0.0984 e. The summed E-state index contributed by atoms with van der Waals surface area (Å²) < 4.78 is 0. The molecule has 1 saturated carbocycles. The van der Waals surface area contributed by atoms with E-state index in [0.29, 0.717) is 12.5 Å². The Morgan fingerprint density at radius 1 is 1.58 bits per heavy atom. The Balaban J connectivity index is 2.09. The first-order chi connectivity index (χ1) is 5.77. The Morgan fingerprint density at radius 3 is 2.75 bits per heavy atom. The molecule has 0 bridgehead atoms.